The summed E-state index contributed by atoms with van der Waals surface area (Å²) in [5.41, 5.74) is 8.21. The van der Waals surface area contributed by atoms with E-state index in [2.05, 4.69) is 15.6 Å². The van der Waals surface area contributed by atoms with Crippen LogP contribution in [0.4, 0.5) is 10.2 Å². The van der Waals surface area contributed by atoms with E-state index in [9.17, 15) is 9.59 Å². The van der Waals surface area contributed by atoms with Crippen molar-refractivity contribution >= 4 is 17.5 Å². The molecule has 4 N–H and O–H groups in total. The molecule has 0 aliphatic carbocycles. The summed E-state index contributed by atoms with van der Waals surface area (Å²) in [7, 11) is 0. The molecule has 1 amide bonds. The molecule has 5 heterocycles. The van der Waals surface area contributed by atoms with Gasteiger partial charge < -0.3 is 25.7 Å². The second-order valence-electron chi connectivity index (χ2n) is 7.42. The number of halogens is 1. The minimum absolute atomic E-state index is 0.0565. The fourth-order valence-corrected chi connectivity index (χ4v) is 4.11. The first-order valence-corrected chi connectivity index (χ1v) is 9.37. The topological polar surface area (TPSA) is 111 Å². The molecule has 3 aliphatic heterocycles. The van der Waals surface area contributed by atoms with Crippen molar-refractivity contribution in [3.05, 3.63) is 34.9 Å². The van der Waals surface area contributed by atoms with Crippen molar-refractivity contribution in [3.8, 4) is 11.3 Å². The van der Waals surface area contributed by atoms with Gasteiger partial charge in [0.25, 0.3) is 5.91 Å². The Kier molecular flexibility index (Phi) is 3.95. The largest absolute Gasteiger partial charge is 0.380 e. The Morgan fingerprint density at radius 2 is 2.25 bits per heavy atom. The van der Waals surface area contributed by atoms with E-state index in [4.69, 9.17) is 10.5 Å². The average Bonchev–Trinajstić information content (AvgIpc) is 3.36. The SMILES string of the molecule is N[C@H]1COCC[C@H]1Nc1nc(-c2cc3n(c2)CCC3=O)c2c(c1F)CNC2=O. The summed E-state index contributed by atoms with van der Waals surface area (Å²) in [4.78, 5) is 28.8. The van der Waals surface area contributed by atoms with Crippen molar-refractivity contribution in [3.63, 3.8) is 0 Å². The highest BCUT2D eigenvalue weighted by Gasteiger charge is 2.33. The average molecular weight is 385 g/mol. The minimum Gasteiger partial charge on any atom is -0.380 e. The van der Waals surface area contributed by atoms with E-state index in [0.717, 1.165) is 0 Å². The van der Waals surface area contributed by atoms with E-state index in [1.54, 1.807) is 12.3 Å². The number of nitrogens with one attached hydrogen (secondary N) is 2. The van der Waals surface area contributed by atoms with Crippen LogP contribution in [0.2, 0.25) is 0 Å². The zero-order valence-electron chi connectivity index (χ0n) is 15.1. The van der Waals surface area contributed by atoms with Crippen LogP contribution in [0.5, 0.6) is 0 Å². The Bertz CT molecular complexity index is 1000. The first-order valence-electron chi connectivity index (χ1n) is 9.37. The predicted molar refractivity (Wildman–Crippen MR) is 98.6 cm³/mol. The molecule has 1 fully saturated rings. The molecule has 5 rings (SSSR count). The van der Waals surface area contributed by atoms with E-state index >= 15 is 4.39 Å². The summed E-state index contributed by atoms with van der Waals surface area (Å²) in [5, 5.41) is 5.78. The molecule has 0 bridgehead atoms. The second-order valence-corrected chi connectivity index (χ2v) is 7.42. The van der Waals surface area contributed by atoms with Gasteiger partial charge in [-0.05, 0) is 12.5 Å². The van der Waals surface area contributed by atoms with Crippen molar-refractivity contribution in [1.82, 2.24) is 14.9 Å². The Morgan fingerprint density at radius 3 is 3.04 bits per heavy atom. The molecule has 0 spiro atoms. The number of aromatic nitrogens is 2. The van der Waals surface area contributed by atoms with Gasteiger partial charge in [0.15, 0.2) is 17.4 Å². The maximum atomic E-state index is 15.1. The van der Waals surface area contributed by atoms with Crippen molar-refractivity contribution in [1.29, 1.82) is 0 Å². The van der Waals surface area contributed by atoms with Gasteiger partial charge in [-0.1, -0.05) is 0 Å². The molecule has 9 heteroatoms. The Labute approximate surface area is 160 Å². The highest BCUT2D eigenvalue weighted by molar-refractivity contribution is 6.05. The minimum atomic E-state index is -0.543. The van der Waals surface area contributed by atoms with Gasteiger partial charge >= 0.3 is 0 Å². The summed E-state index contributed by atoms with van der Waals surface area (Å²) in [6.07, 6.45) is 2.91. The summed E-state index contributed by atoms with van der Waals surface area (Å²) in [6, 6.07) is 1.28. The van der Waals surface area contributed by atoms with Crippen LogP contribution < -0.4 is 16.4 Å². The maximum Gasteiger partial charge on any atom is 0.254 e. The number of carbonyl (C=O) groups excluding carboxylic acids is 2. The number of hydrogen-bond acceptors (Lipinski definition) is 6. The zero-order valence-corrected chi connectivity index (χ0v) is 15.1. The van der Waals surface area contributed by atoms with Crippen molar-refractivity contribution in [2.75, 3.05) is 18.5 Å². The second kappa shape index (κ2) is 6.39. The molecule has 0 saturated carbocycles. The number of amides is 1. The lowest BCUT2D eigenvalue weighted by molar-refractivity contribution is 0.0751. The van der Waals surface area contributed by atoms with Gasteiger partial charge in [-0.25, -0.2) is 9.37 Å². The third-order valence-corrected chi connectivity index (χ3v) is 5.65. The molecule has 1 saturated heterocycles. The Morgan fingerprint density at radius 1 is 1.39 bits per heavy atom. The van der Waals surface area contributed by atoms with Crippen LogP contribution in [0.15, 0.2) is 12.3 Å². The first kappa shape index (κ1) is 17.3. The molecule has 0 unspecified atom stereocenters. The number of nitrogens with two attached hydrogens (primary N) is 1. The molecule has 8 nitrogen and oxygen atoms in total. The monoisotopic (exact) mass is 385 g/mol. The van der Waals surface area contributed by atoms with Crippen LogP contribution in [-0.2, 0) is 17.8 Å². The fraction of sp³-hybridized carbons (Fsp3) is 0.421. The van der Waals surface area contributed by atoms with Crippen LogP contribution in [0.3, 0.4) is 0 Å². The number of fused-ring (bicyclic) bond motifs is 2. The number of ether oxygens (including phenoxy) is 1. The Hall–Kier alpha value is -2.78. The number of aryl methyl sites for hydroxylation is 1. The fourth-order valence-electron chi connectivity index (χ4n) is 4.11. The Balaban J connectivity index is 1.60. The van der Waals surface area contributed by atoms with Crippen LogP contribution in [0, 0.1) is 5.82 Å². The molecule has 0 radical (unpaired) electrons. The maximum absolute atomic E-state index is 15.1. The first-order chi connectivity index (χ1) is 13.5. The van der Waals surface area contributed by atoms with Crippen LogP contribution >= 0.6 is 0 Å². The lowest BCUT2D eigenvalue weighted by atomic mass is 10.0. The number of rotatable bonds is 3. The molecular formula is C19H20FN5O3. The van der Waals surface area contributed by atoms with Gasteiger partial charge in [-0.3, -0.25) is 9.59 Å². The summed E-state index contributed by atoms with van der Waals surface area (Å²) < 4.78 is 22.3. The molecule has 28 heavy (non-hydrogen) atoms. The molecule has 3 aliphatic rings. The van der Waals surface area contributed by atoms with Crippen LogP contribution in [-0.4, -0.2) is 46.5 Å². The van der Waals surface area contributed by atoms with E-state index in [0.29, 0.717) is 49.6 Å². The van der Waals surface area contributed by atoms with Gasteiger partial charge in [0.1, 0.15) is 0 Å². The summed E-state index contributed by atoms with van der Waals surface area (Å²) in [6.45, 7) is 1.65. The highest BCUT2D eigenvalue weighted by Crippen LogP contribution is 2.35. The normalized spacial score (nSPS) is 23.5. The standard InChI is InChI=1S/C19H20FN5O3/c20-16-10-6-22-19(27)15(10)17(9-5-13-14(26)1-3-25(13)7-9)24-18(16)23-12-2-4-28-8-11(12)21/h5,7,11-12H,1-4,6,8,21H2,(H,22,27)(H,23,24)/t11-,12+/m0/s1. The molecule has 2 aromatic rings. The quantitative estimate of drug-likeness (QED) is 0.728. The number of carbonyl (C=O) groups is 2. The van der Waals surface area contributed by atoms with Gasteiger partial charge in [0, 0.05) is 55.5 Å². The summed E-state index contributed by atoms with van der Waals surface area (Å²) in [5.74, 6) is -0.770. The van der Waals surface area contributed by atoms with E-state index < -0.39 is 5.82 Å². The van der Waals surface area contributed by atoms with Gasteiger partial charge in [-0.2, -0.15) is 0 Å². The number of ketones is 1. The van der Waals surface area contributed by atoms with Crippen molar-refractivity contribution in [2.24, 2.45) is 5.73 Å². The molecule has 2 aromatic heterocycles. The zero-order chi connectivity index (χ0) is 19.4. The van der Waals surface area contributed by atoms with Crippen molar-refractivity contribution < 1.29 is 18.7 Å². The van der Waals surface area contributed by atoms with Crippen LogP contribution in [0.1, 0.15) is 39.3 Å². The number of Topliss-reactive ketones (excluding diaryl/α,β-unsaturated/α-hetero) is 1. The smallest absolute Gasteiger partial charge is 0.254 e. The number of nitrogens with zero attached hydrogens (tertiary/aromatic N) is 2. The van der Waals surface area contributed by atoms with Gasteiger partial charge in [0.05, 0.1) is 23.6 Å². The predicted octanol–water partition coefficient (Wildman–Crippen LogP) is 1.05. The molecule has 0 aromatic carbocycles. The van der Waals surface area contributed by atoms with Gasteiger partial charge in [-0.15, -0.1) is 0 Å². The third kappa shape index (κ3) is 2.61. The lowest BCUT2D eigenvalue weighted by Crippen LogP contribution is -2.48. The number of pyridine rings is 1. The summed E-state index contributed by atoms with van der Waals surface area (Å²) >= 11 is 0. The van der Waals surface area contributed by atoms with Crippen molar-refractivity contribution in [2.45, 2.75) is 38.0 Å². The number of hydrogen-bond donors (Lipinski definition) is 3. The van der Waals surface area contributed by atoms with E-state index in [1.165, 1.54) is 0 Å². The van der Waals surface area contributed by atoms with Crippen LogP contribution in [0.25, 0.3) is 11.3 Å². The molecule has 2 atom stereocenters. The lowest BCUT2D eigenvalue weighted by Gasteiger charge is -2.30. The van der Waals surface area contributed by atoms with Gasteiger partial charge in [0.2, 0.25) is 0 Å². The molecular weight excluding hydrogens is 365 g/mol. The third-order valence-electron chi connectivity index (χ3n) is 5.65. The highest BCUT2D eigenvalue weighted by atomic mass is 19.1. The van der Waals surface area contributed by atoms with E-state index in [-0.39, 0.29) is 47.3 Å². The number of anilines is 1. The molecule has 146 valence electrons. The van der Waals surface area contributed by atoms with E-state index in [1.807, 2.05) is 4.57 Å².